The molecule has 7 heteroatoms. The number of carbonyl (C=O) groups excluding carboxylic acids is 2. The zero-order valence-corrected chi connectivity index (χ0v) is 19.7. The number of hydrogen-bond acceptors (Lipinski definition) is 3. The van der Waals surface area contributed by atoms with Gasteiger partial charge in [0.05, 0.1) is 15.9 Å². The van der Waals surface area contributed by atoms with Crippen LogP contribution in [-0.2, 0) is 16.0 Å². The molecule has 1 aromatic carbocycles. The minimum Gasteiger partial charge on any atom is -0.369 e. The Bertz CT molecular complexity index is 1000. The molecule has 5 nitrogen and oxygen atoms in total. The lowest BCUT2D eigenvalue weighted by Gasteiger charge is -2.48. The van der Waals surface area contributed by atoms with Crippen molar-refractivity contribution in [2.45, 2.75) is 51.4 Å². The number of allylic oxidation sites excluding steroid dienone is 2. The second-order valence-corrected chi connectivity index (χ2v) is 11.0. The van der Waals surface area contributed by atoms with Gasteiger partial charge in [0.2, 0.25) is 11.8 Å². The summed E-state index contributed by atoms with van der Waals surface area (Å²) in [7, 11) is 0. The predicted octanol–water partition coefficient (Wildman–Crippen LogP) is 3.83. The Morgan fingerprint density at radius 3 is 2.27 bits per heavy atom. The Labute approximate surface area is 199 Å². The third kappa shape index (κ3) is 3.13. The molecular weight excluding hydrogens is 441 g/mol. The summed E-state index contributed by atoms with van der Waals surface area (Å²) in [4.78, 5) is 29.2. The zero-order chi connectivity index (χ0) is 23.4. The smallest absolute Gasteiger partial charge is 0.225 e. The lowest BCUT2D eigenvalue weighted by Crippen LogP contribution is -2.60. The summed E-state index contributed by atoms with van der Waals surface area (Å²) in [5.74, 6) is -1.92. The van der Waals surface area contributed by atoms with Crippen molar-refractivity contribution < 1.29 is 14.0 Å². The molecule has 2 amide bonds. The van der Waals surface area contributed by atoms with Crippen molar-refractivity contribution in [3.63, 3.8) is 0 Å². The second kappa shape index (κ2) is 8.09. The first kappa shape index (κ1) is 22.9. The maximum absolute atomic E-state index is 15.0. The van der Waals surface area contributed by atoms with E-state index >= 15 is 4.39 Å². The van der Waals surface area contributed by atoms with E-state index < -0.39 is 28.5 Å². The third-order valence-electron chi connectivity index (χ3n) is 9.29. The molecule has 178 valence electrons. The van der Waals surface area contributed by atoms with E-state index in [9.17, 15) is 9.59 Å². The van der Waals surface area contributed by atoms with Crippen LogP contribution in [0.4, 0.5) is 4.39 Å². The van der Waals surface area contributed by atoms with Crippen LogP contribution in [0.3, 0.4) is 0 Å². The fraction of sp³-hybridized carbons (Fsp3) is 0.615. The van der Waals surface area contributed by atoms with Crippen molar-refractivity contribution in [1.29, 1.82) is 0 Å². The normalized spacial score (nSPS) is 33.8. The van der Waals surface area contributed by atoms with E-state index in [4.69, 9.17) is 23.1 Å². The molecular formula is C26H33ClFN3O2. The highest BCUT2D eigenvalue weighted by atomic mass is 35.5. The third-order valence-corrected chi connectivity index (χ3v) is 9.59. The number of nitrogens with two attached hydrogens (primary N) is 2. The first-order valence-corrected chi connectivity index (χ1v) is 12.6. The van der Waals surface area contributed by atoms with Gasteiger partial charge in [-0.05, 0) is 93.5 Å². The Morgan fingerprint density at radius 2 is 1.67 bits per heavy atom. The van der Waals surface area contributed by atoms with Gasteiger partial charge in [0.1, 0.15) is 5.82 Å². The van der Waals surface area contributed by atoms with Crippen molar-refractivity contribution in [2.24, 2.45) is 39.5 Å². The van der Waals surface area contributed by atoms with E-state index in [0.717, 1.165) is 45.3 Å². The van der Waals surface area contributed by atoms with Gasteiger partial charge in [0.25, 0.3) is 0 Å². The van der Waals surface area contributed by atoms with Crippen LogP contribution in [0.2, 0.25) is 5.02 Å². The van der Waals surface area contributed by atoms with Gasteiger partial charge in [-0.1, -0.05) is 42.3 Å². The van der Waals surface area contributed by atoms with Gasteiger partial charge < -0.3 is 16.4 Å². The quantitative estimate of drug-likeness (QED) is 0.422. The van der Waals surface area contributed by atoms with Gasteiger partial charge in [0, 0.05) is 0 Å². The van der Waals surface area contributed by atoms with Gasteiger partial charge in [-0.15, -0.1) is 0 Å². The molecule has 1 aliphatic heterocycles. The van der Waals surface area contributed by atoms with Crippen LogP contribution in [0.1, 0.15) is 50.5 Å². The number of amides is 2. The van der Waals surface area contributed by atoms with Crippen LogP contribution in [-0.4, -0.2) is 36.3 Å². The van der Waals surface area contributed by atoms with Gasteiger partial charge in [-0.2, -0.15) is 0 Å². The monoisotopic (exact) mass is 473 g/mol. The van der Waals surface area contributed by atoms with Gasteiger partial charge in [-0.3, -0.25) is 9.59 Å². The number of hydrogen-bond donors (Lipinski definition) is 2. The summed E-state index contributed by atoms with van der Waals surface area (Å²) >= 11 is 6.07. The number of likely N-dealkylation sites (tertiary alicyclic amines) is 1. The molecule has 2 saturated carbocycles. The van der Waals surface area contributed by atoms with Crippen molar-refractivity contribution in [3.05, 3.63) is 46.8 Å². The topological polar surface area (TPSA) is 89.4 Å². The summed E-state index contributed by atoms with van der Waals surface area (Å²) in [5, 5.41) is 0.00208. The Kier molecular flexibility index (Phi) is 5.60. The molecule has 4 N–H and O–H groups in total. The van der Waals surface area contributed by atoms with E-state index in [2.05, 4.69) is 17.1 Å². The molecule has 1 aromatic rings. The fourth-order valence-corrected chi connectivity index (χ4v) is 7.96. The first-order chi connectivity index (χ1) is 15.8. The molecule has 4 aliphatic rings. The van der Waals surface area contributed by atoms with E-state index in [1.807, 2.05) is 0 Å². The maximum Gasteiger partial charge on any atom is 0.225 e. The summed E-state index contributed by atoms with van der Waals surface area (Å²) in [6.07, 6.45) is 10.7. The van der Waals surface area contributed by atoms with E-state index in [-0.39, 0.29) is 28.7 Å². The summed E-state index contributed by atoms with van der Waals surface area (Å²) in [5.41, 5.74) is 10.2. The molecule has 3 aliphatic carbocycles. The summed E-state index contributed by atoms with van der Waals surface area (Å²) < 4.78 is 15.0. The van der Waals surface area contributed by atoms with Gasteiger partial charge in [0.15, 0.2) is 0 Å². The SMILES string of the molecule is NC(=O)[C@]1(CCCCN2CCCC2)[C@@H]2C=C[C@@H](C23CC3)[C@@]1(Cc1cccc(Cl)c1F)C(N)=O. The predicted molar refractivity (Wildman–Crippen MR) is 126 cm³/mol. The number of primary amides is 2. The molecule has 33 heavy (non-hydrogen) atoms. The molecule has 3 fully saturated rings. The van der Waals surface area contributed by atoms with Crippen molar-refractivity contribution in [3.8, 4) is 0 Å². The molecule has 1 saturated heterocycles. The number of nitrogens with zero attached hydrogens (tertiary/aromatic N) is 1. The highest BCUT2D eigenvalue weighted by Gasteiger charge is 2.81. The molecule has 1 heterocycles. The molecule has 0 radical (unpaired) electrons. The second-order valence-electron chi connectivity index (χ2n) is 10.6. The van der Waals surface area contributed by atoms with E-state index in [1.54, 1.807) is 12.1 Å². The average Bonchev–Trinajstić information content (AvgIpc) is 3.15. The highest BCUT2D eigenvalue weighted by molar-refractivity contribution is 6.30. The minimum atomic E-state index is -1.26. The lowest BCUT2D eigenvalue weighted by atomic mass is 9.53. The average molecular weight is 474 g/mol. The van der Waals surface area contributed by atoms with Crippen molar-refractivity contribution >= 4 is 23.4 Å². The van der Waals surface area contributed by atoms with E-state index in [1.165, 1.54) is 18.9 Å². The van der Waals surface area contributed by atoms with Crippen LogP contribution in [0.15, 0.2) is 30.4 Å². The zero-order valence-electron chi connectivity index (χ0n) is 19.0. The highest BCUT2D eigenvalue weighted by Crippen LogP contribution is 2.81. The molecule has 1 spiro atoms. The van der Waals surface area contributed by atoms with Crippen LogP contribution in [0.5, 0.6) is 0 Å². The van der Waals surface area contributed by atoms with Gasteiger partial charge >= 0.3 is 0 Å². The Balaban J connectivity index is 1.54. The van der Waals surface area contributed by atoms with Gasteiger partial charge in [-0.25, -0.2) is 4.39 Å². The minimum absolute atomic E-state index is 0.00208. The Hall–Kier alpha value is -1.92. The van der Waals surface area contributed by atoms with E-state index in [0.29, 0.717) is 12.0 Å². The number of benzene rings is 1. The molecule has 0 aromatic heterocycles. The Morgan fingerprint density at radius 1 is 1.03 bits per heavy atom. The molecule has 0 unspecified atom stereocenters. The number of carbonyl (C=O) groups is 2. The standard InChI is InChI=1S/C26H33ClFN3O2/c27-18-7-5-6-17(21(18)28)16-26(23(30)33)20-9-8-19(24(20)11-12-24)25(26,22(29)32)10-1-2-13-31-14-3-4-15-31/h5-9,19-20H,1-4,10-16H2,(H2,29,32)(H2,30,33)/t19-,20+,25+,26+/m1/s1. The van der Waals surface area contributed by atoms with Crippen molar-refractivity contribution in [2.75, 3.05) is 19.6 Å². The van der Waals surface area contributed by atoms with Crippen LogP contribution in [0.25, 0.3) is 0 Å². The molecule has 4 atom stereocenters. The van der Waals surface area contributed by atoms with Crippen LogP contribution >= 0.6 is 11.6 Å². The summed E-state index contributed by atoms with van der Waals surface area (Å²) in [6, 6.07) is 4.80. The fourth-order valence-electron chi connectivity index (χ4n) is 7.76. The summed E-state index contributed by atoms with van der Waals surface area (Å²) in [6.45, 7) is 3.23. The lowest BCUT2D eigenvalue weighted by molar-refractivity contribution is -0.151. The molecule has 5 rings (SSSR count). The van der Waals surface area contributed by atoms with Crippen molar-refractivity contribution in [1.82, 2.24) is 4.90 Å². The number of halogens is 2. The first-order valence-electron chi connectivity index (χ1n) is 12.2. The van der Waals surface area contributed by atoms with Crippen LogP contribution in [0, 0.1) is 33.9 Å². The largest absolute Gasteiger partial charge is 0.369 e. The molecule has 2 bridgehead atoms. The van der Waals surface area contributed by atoms with Crippen LogP contribution < -0.4 is 11.5 Å². The number of unbranched alkanes of at least 4 members (excludes halogenated alkanes) is 1. The number of rotatable bonds is 9. The maximum atomic E-state index is 15.0.